The number of hydrogen-bond donors (Lipinski definition) is 5. The molecule has 2 rings (SSSR count). The van der Waals surface area contributed by atoms with Crippen LogP contribution in [-0.4, -0.2) is 42.3 Å². The number of rotatable bonds is 14. The van der Waals surface area contributed by atoms with Gasteiger partial charge in [0.1, 0.15) is 17.2 Å². The molecule has 1 aromatic heterocycles. The standard InChI is InChI=1S/C27H41N5O5/c1-15(2)13-20(32-26(35)23(30)16(3)4)25(34)31-19(10-7-8-12-28)24(33)22-18(14-29)17-9-5-6-11-21(17)37-27(22)36/h5-6,9,11,15-16,19-20,23H,7-8,10,12-14,28-30H2,1-4H3,(H,31,34)(H,32,35)/t19-,20-,23-/m0/s1. The Morgan fingerprint density at radius 3 is 2.19 bits per heavy atom. The summed E-state index contributed by atoms with van der Waals surface area (Å²) in [5.74, 6) is -1.59. The minimum Gasteiger partial charge on any atom is -0.422 e. The van der Waals surface area contributed by atoms with Gasteiger partial charge in [-0.1, -0.05) is 45.9 Å². The molecule has 2 amide bonds. The second-order valence-electron chi connectivity index (χ2n) is 10.1. The van der Waals surface area contributed by atoms with Crippen LogP contribution < -0.4 is 33.5 Å². The van der Waals surface area contributed by atoms with Gasteiger partial charge in [0.05, 0.1) is 12.1 Å². The topological polar surface area (TPSA) is 184 Å². The van der Waals surface area contributed by atoms with Crippen molar-refractivity contribution in [3.63, 3.8) is 0 Å². The summed E-state index contributed by atoms with van der Waals surface area (Å²) in [6.07, 6.45) is 1.78. The quantitative estimate of drug-likeness (QED) is 0.143. The predicted octanol–water partition coefficient (Wildman–Crippen LogP) is 1.56. The van der Waals surface area contributed by atoms with Gasteiger partial charge in [0.15, 0.2) is 5.78 Å². The zero-order valence-electron chi connectivity index (χ0n) is 22.2. The van der Waals surface area contributed by atoms with Crippen LogP contribution in [0.25, 0.3) is 11.0 Å². The molecule has 2 aromatic rings. The number of fused-ring (bicyclic) bond motifs is 1. The van der Waals surface area contributed by atoms with Crippen molar-refractivity contribution >= 4 is 28.6 Å². The van der Waals surface area contributed by atoms with Crippen LogP contribution in [0.5, 0.6) is 0 Å². The number of benzene rings is 1. The maximum atomic E-state index is 13.7. The molecule has 0 bridgehead atoms. The molecule has 0 spiro atoms. The van der Waals surface area contributed by atoms with E-state index < -0.39 is 41.3 Å². The fourth-order valence-electron chi connectivity index (χ4n) is 4.16. The molecule has 1 aromatic carbocycles. The minimum absolute atomic E-state index is 0.0597. The van der Waals surface area contributed by atoms with Gasteiger partial charge in [-0.2, -0.15) is 0 Å². The summed E-state index contributed by atoms with van der Waals surface area (Å²) >= 11 is 0. The van der Waals surface area contributed by atoms with Crippen molar-refractivity contribution < 1.29 is 18.8 Å². The molecule has 0 fully saturated rings. The Balaban J connectivity index is 2.42. The lowest BCUT2D eigenvalue weighted by Gasteiger charge is -2.26. The van der Waals surface area contributed by atoms with Gasteiger partial charge in [0.2, 0.25) is 11.8 Å². The third-order valence-electron chi connectivity index (χ3n) is 6.31. The summed E-state index contributed by atoms with van der Waals surface area (Å²) in [6.45, 7) is 7.84. The van der Waals surface area contributed by atoms with Gasteiger partial charge < -0.3 is 32.3 Å². The highest BCUT2D eigenvalue weighted by molar-refractivity contribution is 6.05. The third kappa shape index (κ3) is 7.95. The van der Waals surface area contributed by atoms with Gasteiger partial charge in [0, 0.05) is 11.9 Å². The van der Waals surface area contributed by atoms with Crippen molar-refractivity contribution in [3.8, 4) is 0 Å². The normalized spacial score (nSPS) is 14.0. The summed E-state index contributed by atoms with van der Waals surface area (Å²) in [5.41, 5.74) is 17.3. The van der Waals surface area contributed by atoms with Gasteiger partial charge in [-0.05, 0) is 55.7 Å². The van der Waals surface area contributed by atoms with Crippen LogP contribution in [-0.2, 0) is 16.1 Å². The highest BCUT2D eigenvalue weighted by Crippen LogP contribution is 2.21. The van der Waals surface area contributed by atoms with Crippen LogP contribution >= 0.6 is 0 Å². The molecule has 0 aliphatic carbocycles. The lowest BCUT2D eigenvalue weighted by Crippen LogP contribution is -2.55. The second kappa shape index (κ2) is 14.0. The van der Waals surface area contributed by atoms with Gasteiger partial charge in [0.25, 0.3) is 0 Å². The number of carbonyl (C=O) groups is 3. The summed E-state index contributed by atoms with van der Waals surface area (Å²) < 4.78 is 5.40. The maximum absolute atomic E-state index is 13.7. The SMILES string of the molecule is CC(C)C[C@H](NC(=O)[C@@H](N)C(C)C)C(=O)N[C@@H](CCCCN)C(=O)c1c(CN)c2ccccc2oc1=O. The zero-order valence-corrected chi connectivity index (χ0v) is 22.2. The van der Waals surface area contributed by atoms with Crippen LogP contribution in [0.1, 0.15) is 69.3 Å². The van der Waals surface area contributed by atoms with Crippen molar-refractivity contribution in [2.45, 2.75) is 78.0 Å². The second-order valence-corrected chi connectivity index (χ2v) is 10.1. The first-order valence-corrected chi connectivity index (χ1v) is 12.9. The van der Waals surface area contributed by atoms with E-state index in [0.717, 1.165) is 0 Å². The average molecular weight is 516 g/mol. The summed E-state index contributed by atoms with van der Waals surface area (Å²) in [7, 11) is 0. The largest absolute Gasteiger partial charge is 0.422 e. The van der Waals surface area contributed by atoms with Crippen LogP contribution in [0.3, 0.4) is 0 Å². The van der Waals surface area contributed by atoms with Crippen LogP contribution in [0.2, 0.25) is 0 Å². The third-order valence-corrected chi connectivity index (χ3v) is 6.31. The summed E-state index contributed by atoms with van der Waals surface area (Å²) in [5, 5.41) is 6.07. The lowest BCUT2D eigenvalue weighted by atomic mass is 9.94. The zero-order chi connectivity index (χ0) is 27.7. The molecule has 0 saturated carbocycles. The Kier molecular flexibility index (Phi) is 11.4. The monoisotopic (exact) mass is 515 g/mol. The molecule has 3 atom stereocenters. The number of nitrogens with one attached hydrogen (secondary N) is 2. The molecule has 0 aliphatic heterocycles. The van der Waals surface area contributed by atoms with E-state index in [9.17, 15) is 19.2 Å². The first kappa shape index (κ1) is 30.1. The van der Waals surface area contributed by atoms with E-state index in [2.05, 4.69) is 10.6 Å². The Bertz CT molecular complexity index is 1140. The van der Waals surface area contributed by atoms with Crippen molar-refractivity contribution in [1.82, 2.24) is 10.6 Å². The van der Waals surface area contributed by atoms with Crippen molar-refractivity contribution in [3.05, 3.63) is 45.8 Å². The molecule has 0 unspecified atom stereocenters. The number of amides is 2. The number of carbonyl (C=O) groups excluding carboxylic acids is 3. The number of Topliss-reactive ketones (excluding diaryl/α,β-unsaturated/α-hetero) is 1. The fourth-order valence-corrected chi connectivity index (χ4v) is 4.16. The number of nitrogens with two attached hydrogens (primary N) is 3. The molecule has 0 saturated heterocycles. The molecule has 10 heteroatoms. The summed E-state index contributed by atoms with van der Waals surface area (Å²) in [6, 6.07) is 4.13. The molecule has 204 valence electrons. The molecule has 1 heterocycles. The molecule has 10 nitrogen and oxygen atoms in total. The number of hydrogen-bond acceptors (Lipinski definition) is 8. The van der Waals surface area contributed by atoms with E-state index in [0.29, 0.717) is 42.3 Å². The van der Waals surface area contributed by atoms with Gasteiger partial charge in [-0.25, -0.2) is 4.79 Å². The maximum Gasteiger partial charge on any atom is 0.347 e. The van der Waals surface area contributed by atoms with Crippen molar-refractivity contribution in [1.29, 1.82) is 0 Å². The van der Waals surface area contributed by atoms with Crippen molar-refractivity contribution in [2.24, 2.45) is 29.0 Å². The smallest absolute Gasteiger partial charge is 0.347 e. The lowest BCUT2D eigenvalue weighted by molar-refractivity contribution is -0.130. The predicted molar refractivity (Wildman–Crippen MR) is 144 cm³/mol. The Hall–Kier alpha value is -3.08. The number of unbranched alkanes of at least 4 members (excludes halogenated alkanes) is 1. The van der Waals surface area contributed by atoms with E-state index in [1.165, 1.54) is 0 Å². The highest BCUT2D eigenvalue weighted by atomic mass is 16.4. The highest BCUT2D eigenvalue weighted by Gasteiger charge is 2.32. The molecule has 0 aliphatic rings. The molecular weight excluding hydrogens is 474 g/mol. The van der Waals surface area contributed by atoms with Crippen LogP contribution in [0.4, 0.5) is 0 Å². The Labute approximate surface area is 217 Å². The Morgan fingerprint density at radius 2 is 1.59 bits per heavy atom. The Morgan fingerprint density at radius 1 is 0.946 bits per heavy atom. The average Bonchev–Trinajstić information content (AvgIpc) is 2.85. The molecule has 0 radical (unpaired) electrons. The minimum atomic E-state index is -1.03. The van der Waals surface area contributed by atoms with Gasteiger partial charge in [-0.15, -0.1) is 0 Å². The van der Waals surface area contributed by atoms with E-state index >= 15 is 0 Å². The van der Waals surface area contributed by atoms with Gasteiger partial charge >= 0.3 is 5.63 Å². The van der Waals surface area contributed by atoms with E-state index in [1.54, 1.807) is 24.3 Å². The van der Waals surface area contributed by atoms with Gasteiger partial charge in [-0.3, -0.25) is 14.4 Å². The number of ketones is 1. The first-order valence-electron chi connectivity index (χ1n) is 12.9. The molecular formula is C27H41N5O5. The molecule has 8 N–H and O–H groups in total. The first-order chi connectivity index (χ1) is 17.5. The summed E-state index contributed by atoms with van der Waals surface area (Å²) in [4.78, 5) is 52.6. The fraction of sp³-hybridized carbons (Fsp3) is 0.556. The van der Waals surface area contributed by atoms with E-state index in [1.807, 2.05) is 27.7 Å². The van der Waals surface area contributed by atoms with Crippen LogP contribution in [0, 0.1) is 11.8 Å². The number of para-hydroxylation sites is 1. The van der Waals surface area contributed by atoms with Crippen LogP contribution in [0.15, 0.2) is 33.5 Å². The van der Waals surface area contributed by atoms with E-state index in [4.69, 9.17) is 21.6 Å². The van der Waals surface area contributed by atoms with E-state index in [-0.39, 0.29) is 30.4 Å². The molecule has 37 heavy (non-hydrogen) atoms. The van der Waals surface area contributed by atoms with Crippen molar-refractivity contribution in [2.75, 3.05) is 6.54 Å².